The lowest BCUT2D eigenvalue weighted by Crippen LogP contribution is -2.51. The van der Waals surface area contributed by atoms with Crippen molar-refractivity contribution in [2.24, 2.45) is 0 Å². The molecule has 190 valence electrons. The van der Waals surface area contributed by atoms with Crippen LogP contribution in [-0.4, -0.2) is 71.3 Å². The second kappa shape index (κ2) is 11.3. The molecule has 0 saturated carbocycles. The first-order chi connectivity index (χ1) is 16.7. The minimum absolute atomic E-state index is 0.119. The van der Waals surface area contributed by atoms with E-state index < -0.39 is 28.5 Å². The Morgan fingerprint density at radius 3 is 2.31 bits per heavy atom. The average molecular weight is 506 g/mol. The maximum atomic E-state index is 13.6. The molecule has 1 aliphatic rings. The Bertz CT molecular complexity index is 1150. The summed E-state index contributed by atoms with van der Waals surface area (Å²) in [7, 11) is -0.785. The third-order valence-electron chi connectivity index (χ3n) is 5.64. The van der Waals surface area contributed by atoms with Gasteiger partial charge in [-0.1, -0.05) is 19.1 Å². The highest BCUT2D eigenvalue weighted by molar-refractivity contribution is 7.92. The maximum Gasteiger partial charge on any atom is 0.244 e. The van der Waals surface area contributed by atoms with E-state index in [4.69, 9.17) is 14.2 Å². The van der Waals surface area contributed by atoms with Crippen LogP contribution in [0.5, 0.6) is 17.2 Å². The lowest BCUT2D eigenvalue weighted by atomic mass is 10.1. The molecule has 0 fully saturated rings. The predicted molar refractivity (Wildman–Crippen MR) is 131 cm³/mol. The minimum Gasteiger partial charge on any atom is -0.497 e. The van der Waals surface area contributed by atoms with Crippen LogP contribution in [0.25, 0.3) is 0 Å². The van der Waals surface area contributed by atoms with Crippen molar-refractivity contribution in [1.82, 2.24) is 10.2 Å². The van der Waals surface area contributed by atoms with E-state index in [2.05, 4.69) is 5.32 Å². The molecule has 0 saturated heterocycles. The first-order valence-electron chi connectivity index (χ1n) is 11.2. The molecule has 2 amide bonds. The quantitative estimate of drug-likeness (QED) is 0.524. The van der Waals surface area contributed by atoms with E-state index in [1.54, 1.807) is 50.4 Å². The molecule has 2 aromatic rings. The van der Waals surface area contributed by atoms with Gasteiger partial charge in [0.1, 0.15) is 31.5 Å². The van der Waals surface area contributed by atoms with Crippen LogP contribution >= 0.6 is 0 Å². The molecule has 1 N–H and O–H groups in total. The van der Waals surface area contributed by atoms with Crippen LogP contribution in [0.4, 0.5) is 5.69 Å². The highest BCUT2D eigenvalue weighted by Gasteiger charge is 2.31. The van der Waals surface area contributed by atoms with E-state index in [0.29, 0.717) is 36.9 Å². The highest BCUT2D eigenvalue weighted by Crippen LogP contribution is 2.34. The number of carbonyl (C=O) groups excluding carboxylic acids is 2. The van der Waals surface area contributed by atoms with Crippen molar-refractivity contribution < 1.29 is 32.2 Å². The van der Waals surface area contributed by atoms with Gasteiger partial charge in [0.2, 0.25) is 21.8 Å². The van der Waals surface area contributed by atoms with E-state index in [1.807, 2.05) is 0 Å². The topological polar surface area (TPSA) is 114 Å². The zero-order valence-electron chi connectivity index (χ0n) is 20.3. The van der Waals surface area contributed by atoms with Gasteiger partial charge < -0.3 is 24.4 Å². The predicted octanol–water partition coefficient (Wildman–Crippen LogP) is 1.79. The average Bonchev–Trinajstić information content (AvgIpc) is 2.86. The first-order valence-corrected chi connectivity index (χ1v) is 13.0. The molecule has 0 radical (unpaired) electrons. The molecule has 35 heavy (non-hydrogen) atoms. The number of ether oxygens (including phenoxy) is 3. The van der Waals surface area contributed by atoms with Crippen LogP contribution in [0, 0.1) is 0 Å². The fourth-order valence-corrected chi connectivity index (χ4v) is 4.66. The summed E-state index contributed by atoms with van der Waals surface area (Å²) in [6.45, 7) is 2.17. The fourth-order valence-electron chi connectivity index (χ4n) is 3.81. The number of anilines is 1. The number of amides is 2. The van der Waals surface area contributed by atoms with Crippen LogP contribution in [0.1, 0.15) is 18.9 Å². The van der Waals surface area contributed by atoms with Gasteiger partial charge in [0.15, 0.2) is 11.5 Å². The summed E-state index contributed by atoms with van der Waals surface area (Å²) >= 11 is 0. The number of sulfonamides is 1. The molecule has 10 nitrogen and oxygen atoms in total. The number of hydrogen-bond donors (Lipinski definition) is 1. The van der Waals surface area contributed by atoms with E-state index in [1.165, 1.54) is 18.0 Å². The fraction of sp³-hybridized carbons (Fsp3) is 0.417. The van der Waals surface area contributed by atoms with E-state index >= 15 is 0 Å². The van der Waals surface area contributed by atoms with E-state index in [9.17, 15) is 18.0 Å². The Morgan fingerprint density at radius 1 is 1.09 bits per heavy atom. The van der Waals surface area contributed by atoms with Crippen LogP contribution < -0.4 is 23.8 Å². The lowest BCUT2D eigenvalue weighted by Gasteiger charge is -2.32. The summed E-state index contributed by atoms with van der Waals surface area (Å²) in [5.74, 6) is 0.719. The van der Waals surface area contributed by atoms with Crippen molar-refractivity contribution in [2.45, 2.75) is 25.9 Å². The number of carbonyl (C=O) groups is 2. The van der Waals surface area contributed by atoms with Crippen LogP contribution in [0.3, 0.4) is 0 Å². The molecular formula is C24H31N3O7S. The van der Waals surface area contributed by atoms with E-state index in [-0.39, 0.29) is 18.1 Å². The molecule has 1 aliphatic heterocycles. The molecule has 0 aromatic heterocycles. The monoisotopic (exact) mass is 505 g/mol. The Labute approximate surface area is 205 Å². The van der Waals surface area contributed by atoms with Gasteiger partial charge in [0.05, 0.1) is 19.1 Å². The minimum atomic E-state index is -3.84. The highest BCUT2D eigenvalue weighted by atomic mass is 32.2. The van der Waals surface area contributed by atoms with Gasteiger partial charge in [-0.2, -0.15) is 0 Å². The molecule has 0 bridgehead atoms. The summed E-state index contributed by atoms with van der Waals surface area (Å²) in [4.78, 5) is 27.6. The summed E-state index contributed by atoms with van der Waals surface area (Å²) in [6, 6.07) is 11.0. The Kier molecular flexibility index (Phi) is 8.44. The summed E-state index contributed by atoms with van der Waals surface area (Å²) in [5.41, 5.74) is 1.04. The standard InChI is InChI=1S/C24H31N3O7S/c1-5-20(24(29)25-2)26(15-17-6-9-19(32-3)10-7-17)23(28)16-27(35(4,30)31)18-8-11-21-22(14-18)34-13-12-33-21/h6-11,14,20H,5,12-13,15-16H2,1-4H3,(H,25,29)/t20-/m1/s1. The van der Waals surface area contributed by atoms with Gasteiger partial charge in [-0.25, -0.2) is 8.42 Å². The van der Waals surface area contributed by atoms with Crippen LogP contribution in [-0.2, 0) is 26.2 Å². The van der Waals surface area contributed by atoms with Crippen LogP contribution in [0.15, 0.2) is 42.5 Å². The van der Waals surface area contributed by atoms with Gasteiger partial charge in [0.25, 0.3) is 0 Å². The normalized spacial score (nSPS) is 13.5. The molecule has 11 heteroatoms. The van der Waals surface area contributed by atoms with Crippen molar-refractivity contribution in [3.8, 4) is 17.2 Å². The zero-order chi connectivity index (χ0) is 25.6. The number of fused-ring (bicyclic) bond motifs is 1. The number of rotatable bonds is 10. The van der Waals surface area contributed by atoms with Crippen molar-refractivity contribution >= 4 is 27.5 Å². The third kappa shape index (κ3) is 6.36. The number of hydrogen-bond acceptors (Lipinski definition) is 7. The number of methoxy groups -OCH3 is 1. The third-order valence-corrected chi connectivity index (χ3v) is 6.78. The number of nitrogens with one attached hydrogen (secondary N) is 1. The SMILES string of the molecule is CC[C@H](C(=O)NC)N(Cc1ccc(OC)cc1)C(=O)CN(c1ccc2c(c1)OCCO2)S(C)(=O)=O. The molecule has 0 unspecified atom stereocenters. The van der Waals surface area contributed by atoms with Crippen molar-refractivity contribution in [3.05, 3.63) is 48.0 Å². The van der Waals surface area contributed by atoms with Crippen LogP contribution in [0.2, 0.25) is 0 Å². The van der Waals surface area contributed by atoms with Gasteiger partial charge >= 0.3 is 0 Å². The lowest BCUT2D eigenvalue weighted by molar-refractivity contribution is -0.140. The Morgan fingerprint density at radius 2 is 1.74 bits per heavy atom. The molecule has 0 spiro atoms. The molecular weight excluding hydrogens is 474 g/mol. The number of nitrogens with zero attached hydrogens (tertiary/aromatic N) is 2. The molecule has 3 rings (SSSR count). The maximum absolute atomic E-state index is 13.6. The van der Waals surface area contributed by atoms with Crippen molar-refractivity contribution in [3.63, 3.8) is 0 Å². The molecule has 1 heterocycles. The Hall–Kier alpha value is -3.47. The number of likely N-dealkylation sites (N-methyl/N-ethyl adjacent to an activating group) is 1. The molecule has 1 atom stereocenters. The van der Waals surface area contributed by atoms with Crippen molar-refractivity contribution in [2.75, 3.05) is 44.5 Å². The molecule has 0 aliphatic carbocycles. The smallest absolute Gasteiger partial charge is 0.244 e. The summed E-state index contributed by atoms with van der Waals surface area (Å²) < 4.78 is 42.7. The zero-order valence-corrected chi connectivity index (χ0v) is 21.1. The molecule has 2 aromatic carbocycles. The largest absolute Gasteiger partial charge is 0.497 e. The van der Waals surface area contributed by atoms with Gasteiger partial charge in [-0.3, -0.25) is 13.9 Å². The van der Waals surface area contributed by atoms with E-state index in [0.717, 1.165) is 16.1 Å². The second-order valence-electron chi connectivity index (χ2n) is 8.01. The van der Waals surface area contributed by atoms with Gasteiger partial charge in [0, 0.05) is 19.7 Å². The van der Waals surface area contributed by atoms with Gasteiger partial charge in [-0.15, -0.1) is 0 Å². The summed E-state index contributed by atoms with van der Waals surface area (Å²) in [5, 5.41) is 2.59. The number of benzene rings is 2. The first kappa shape index (κ1) is 26.1. The van der Waals surface area contributed by atoms with Gasteiger partial charge in [-0.05, 0) is 36.2 Å². The van der Waals surface area contributed by atoms with Crippen molar-refractivity contribution in [1.29, 1.82) is 0 Å². The Balaban J connectivity index is 1.93. The second-order valence-corrected chi connectivity index (χ2v) is 9.91. The summed E-state index contributed by atoms with van der Waals surface area (Å²) in [6.07, 6.45) is 1.38.